The fourth-order valence-corrected chi connectivity index (χ4v) is 4.45. The van der Waals surface area contributed by atoms with Crippen molar-refractivity contribution in [2.24, 2.45) is 7.05 Å². The molecule has 168 valence electrons. The van der Waals surface area contributed by atoms with Crippen LogP contribution in [-0.2, 0) is 11.8 Å². The van der Waals surface area contributed by atoms with Crippen LogP contribution in [-0.4, -0.2) is 36.2 Å². The van der Waals surface area contributed by atoms with Gasteiger partial charge in [-0.05, 0) is 37.1 Å². The van der Waals surface area contributed by atoms with Crippen molar-refractivity contribution in [1.29, 1.82) is 0 Å². The molecule has 1 N–H and O–H groups in total. The van der Waals surface area contributed by atoms with Crippen LogP contribution in [0.4, 0.5) is 10.2 Å². The Bertz CT molecular complexity index is 1310. The Kier molecular flexibility index (Phi) is 5.90. The van der Waals surface area contributed by atoms with Crippen molar-refractivity contribution in [2.45, 2.75) is 24.0 Å². The summed E-state index contributed by atoms with van der Waals surface area (Å²) in [5.41, 5.74) is 2.06. The largest absolute Gasteiger partial charge is 0.310 e. The number of amides is 1. The molecule has 1 fully saturated rings. The number of halogens is 2. The molecule has 33 heavy (non-hydrogen) atoms. The zero-order chi connectivity index (χ0) is 22.9. The Hall–Kier alpha value is -3.17. The van der Waals surface area contributed by atoms with Gasteiger partial charge in [-0.15, -0.1) is 10.2 Å². The number of anilines is 1. The summed E-state index contributed by atoms with van der Waals surface area (Å²) in [4.78, 5) is 12.6. The number of benzene rings is 2. The van der Waals surface area contributed by atoms with Gasteiger partial charge in [-0.2, -0.15) is 5.10 Å². The Morgan fingerprint density at radius 1 is 1.18 bits per heavy atom. The highest BCUT2D eigenvalue weighted by Gasteiger charge is 2.31. The highest BCUT2D eigenvalue weighted by atomic mass is 35.5. The van der Waals surface area contributed by atoms with Crippen LogP contribution >= 0.6 is 23.4 Å². The molecule has 1 amide bonds. The van der Waals surface area contributed by atoms with Crippen LogP contribution in [0.25, 0.3) is 22.6 Å². The maximum Gasteiger partial charge on any atom is 0.235 e. The Labute approximate surface area is 199 Å². The van der Waals surface area contributed by atoms with Crippen molar-refractivity contribution < 1.29 is 9.18 Å². The third-order valence-corrected chi connectivity index (χ3v) is 6.51. The lowest BCUT2D eigenvalue weighted by molar-refractivity contribution is -0.113. The van der Waals surface area contributed by atoms with Gasteiger partial charge in [-0.1, -0.05) is 47.6 Å². The van der Waals surface area contributed by atoms with Crippen LogP contribution in [0.1, 0.15) is 18.9 Å². The van der Waals surface area contributed by atoms with E-state index < -0.39 is 0 Å². The zero-order valence-electron chi connectivity index (χ0n) is 17.7. The van der Waals surface area contributed by atoms with Gasteiger partial charge in [-0.25, -0.2) is 4.39 Å². The topological polar surface area (TPSA) is 77.6 Å². The smallest absolute Gasteiger partial charge is 0.235 e. The summed E-state index contributed by atoms with van der Waals surface area (Å²) in [6, 6.07) is 15.9. The van der Waals surface area contributed by atoms with E-state index in [1.165, 1.54) is 17.8 Å². The van der Waals surface area contributed by atoms with Crippen molar-refractivity contribution in [3.8, 4) is 22.6 Å². The van der Waals surface area contributed by atoms with Gasteiger partial charge in [0.1, 0.15) is 11.6 Å². The molecule has 7 nitrogen and oxygen atoms in total. The Morgan fingerprint density at radius 3 is 2.67 bits per heavy atom. The summed E-state index contributed by atoms with van der Waals surface area (Å²) in [6.45, 7) is 0. The second-order valence-electron chi connectivity index (χ2n) is 7.77. The normalized spacial score (nSPS) is 13.3. The van der Waals surface area contributed by atoms with Gasteiger partial charge in [0.15, 0.2) is 11.0 Å². The molecule has 0 atom stereocenters. The predicted octanol–water partition coefficient (Wildman–Crippen LogP) is 5.20. The number of nitrogens with zero attached hydrogens (tertiary/aromatic N) is 5. The van der Waals surface area contributed by atoms with Crippen LogP contribution in [0.15, 0.2) is 59.8 Å². The highest BCUT2D eigenvalue weighted by molar-refractivity contribution is 7.99. The van der Waals surface area contributed by atoms with E-state index in [1.807, 2.05) is 22.8 Å². The number of hydrogen-bond donors (Lipinski definition) is 1. The molecule has 1 aliphatic carbocycles. The SMILES string of the molecule is Cn1nc(-c2ccc(Cl)cc2)cc1NC(=O)CSc1nnc(-c2ccccc2F)n1C1CC1. The lowest BCUT2D eigenvalue weighted by atomic mass is 10.1. The number of carbonyl (C=O) groups is 1. The summed E-state index contributed by atoms with van der Waals surface area (Å²) >= 11 is 7.24. The van der Waals surface area contributed by atoms with Gasteiger partial charge >= 0.3 is 0 Å². The lowest BCUT2D eigenvalue weighted by Gasteiger charge is -2.09. The number of thioether (sulfide) groups is 1. The first kappa shape index (κ1) is 21.7. The lowest BCUT2D eigenvalue weighted by Crippen LogP contribution is -2.16. The number of nitrogens with one attached hydrogen (secondary N) is 1. The van der Waals surface area contributed by atoms with E-state index >= 15 is 0 Å². The van der Waals surface area contributed by atoms with Crippen LogP contribution in [0, 0.1) is 5.82 Å². The number of carbonyl (C=O) groups excluding carboxylic acids is 1. The third kappa shape index (κ3) is 4.65. The minimum absolute atomic E-state index is 0.142. The first-order chi connectivity index (χ1) is 16.0. The van der Waals surface area contributed by atoms with E-state index in [9.17, 15) is 9.18 Å². The average Bonchev–Trinajstić information content (AvgIpc) is 3.46. The highest BCUT2D eigenvalue weighted by Crippen LogP contribution is 2.41. The van der Waals surface area contributed by atoms with E-state index in [1.54, 1.807) is 42.1 Å². The fraction of sp³-hybridized carbons (Fsp3) is 0.217. The van der Waals surface area contributed by atoms with E-state index in [-0.39, 0.29) is 23.5 Å². The summed E-state index contributed by atoms with van der Waals surface area (Å²) in [7, 11) is 1.77. The molecule has 2 aromatic heterocycles. The minimum atomic E-state index is -0.339. The molecule has 0 saturated heterocycles. The zero-order valence-corrected chi connectivity index (χ0v) is 19.3. The second-order valence-corrected chi connectivity index (χ2v) is 9.15. The predicted molar refractivity (Wildman–Crippen MR) is 127 cm³/mol. The van der Waals surface area contributed by atoms with Crippen LogP contribution in [0.5, 0.6) is 0 Å². The summed E-state index contributed by atoms with van der Waals surface area (Å²) < 4.78 is 17.9. The number of aryl methyl sites for hydroxylation is 1. The van der Waals surface area contributed by atoms with Crippen molar-refractivity contribution in [3.05, 3.63) is 65.4 Å². The van der Waals surface area contributed by atoms with Gasteiger partial charge in [-0.3, -0.25) is 14.0 Å². The van der Waals surface area contributed by atoms with E-state index in [0.717, 1.165) is 24.1 Å². The summed E-state index contributed by atoms with van der Waals surface area (Å²) in [6.07, 6.45) is 1.98. The molecule has 0 radical (unpaired) electrons. The third-order valence-electron chi connectivity index (χ3n) is 5.31. The van der Waals surface area contributed by atoms with Crippen molar-refractivity contribution in [2.75, 3.05) is 11.1 Å². The Balaban J connectivity index is 1.29. The second kappa shape index (κ2) is 8.99. The molecule has 1 saturated carbocycles. The molecule has 0 unspecified atom stereocenters. The Morgan fingerprint density at radius 2 is 1.94 bits per heavy atom. The van der Waals surface area contributed by atoms with Gasteiger partial charge < -0.3 is 5.32 Å². The maximum absolute atomic E-state index is 14.3. The molecule has 2 aromatic carbocycles. The van der Waals surface area contributed by atoms with Crippen molar-refractivity contribution in [1.82, 2.24) is 24.5 Å². The van der Waals surface area contributed by atoms with Crippen LogP contribution in [0.2, 0.25) is 5.02 Å². The molecular weight excluding hydrogens is 463 g/mol. The molecule has 0 aliphatic heterocycles. The van der Waals surface area contributed by atoms with Gasteiger partial charge in [0.05, 0.1) is 17.0 Å². The molecular formula is C23H20ClFN6OS. The first-order valence-corrected chi connectivity index (χ1v) is 11.8. The number of hydrogen-bond acceptors (Lipinski definition) is 5. The molecule has 0 spiro atoms. The van der Waals surface area contributed by atoms with Crippen LogP contribution < -0.4 is 5.32 Å². The summed E-state index contributed by atoms with van der Waals surface area (Å²) in [5.74, 6) is 0.695. The van der Waals surface area contributed by atoms with Crippen molar-refractivity contribution >= 4 is 35.1 Å². The van der Waals surface area contributed by atoms with E-state index in [4.69, 9.17) is 11.6 Å². The first-order valence-electron chi connectivity index (χ1n) is 10.4. The van der Waals surface area contributed by atoms with Gasteiger partial charge in [0, 0.05) is 29.7 Å². The molecule has 1 aliphatic rings. The van der Waals surface area contributed by atoms with E-state index in [2.05, 4.69) is 20.6 Å². The van der Waals surface area contributed by atoms with Gasteiger partial charge in [0.2, 0.25) is 5.91 Å². The number of rotatable bonds is 7. The molecule has 0 bridgehead atoms. The van der Waals surface area contributed by atoms with Gasteiger partial charge in [0.25, 0.3) is 0 Å². The number of aromatic nitrogens is 5. The van der Waals surface area contributed by atoms with Crippen molar-refractivity contribution in [3.63, 3.8) is 0 Å². The molecule has 10 heteroatoms. The standard InChI is InChI=1S/C23H20ClFN6OS/c1-30-20(12-19(29-30)14-6-8-15(24)9-7-14)26-21(32)13-33-23-28-27-22(31(23)16-10-11-16)17-4-2-3-5-18(17)25/h2-9,12,16H,10-11,13H2,1H3,(H,26,32). The molecule has 4 aromatic rings. The maximum atomic E-state index is 14.3. The van der Waals surface area contributed by atoms with E-state index in [0.29, 0.717) is 27.4 Å². The summed E-state index contributed by atoms with van der Waals surface area (Å²) in [5, 5.41) is 17.1. The fourth-order valence-electron chi connectivity index (χ4n) is 3.52. The monoisotopic (exact) mass is 482 g/mol. The minimum Gasteiger partial charge on any atom is -0.310 e. The molecule has 5 rings (SSSR count). The van der Waals surface area contributed by atoms with Crippen LogP contribution in [0.3, 0.4) is 0 Å². The molecule has 2 heterocycles. The average molecular weight is 483 g/mol. The quantitative estimate of drug-likeness (QED) is 0.366.